The molecule has 0 fully saturated rings. The summed E-state index contributed by atoms with van der Waals surface area (Å²) in [6, 6.07) is 6.52. The molecule has 68 valence electrons. The summed E-state index contributed by atoms with van der Waals surface area (Å²) in [5, 5.41) is 5.78. The zero-order valence-corrected chi connectivity index (χ0v) is 8.07. The fraction of sp³-hybridized carbons (Fsp3) is 0.200. The normalized spacial score (nSPS) is 21.1. The number of hydrogen-bond donors (Lipinski definition) is 1. The average Bonchev–Trinajstić information content (AvgIpc) is 2.53. The first-order chi connectivity index (χ1) is 6.25. The van der Waals surface area contributed by atoms with Gasteiger partial charge in [-0.2, -0.15) is 0 Å². The number of halogens is 1. The minimum Gasteiger partial charge on any atom is -0.372 e. The number of benzene rings is 1. The fourth-order valence-corrected chi connectivity index (χ4v) is 1.98. The third kappa shape index (κ3) is 1.86. The Balaban J connectivity index is 2.22. The quantitative estimate of drug-likeness (QED) is 0.739. The van der Waals surface area contributed by atoms with Crippen molar-refractivity contribution in [3.8, 4) is 0 Å². The maximum Gasteiger partial charge on any atom is 0.123 e. The van der Waals surface area contributed by atoms with E-state index in [1.165, 1.54) is 12.1 Å². The van der Waals surface area contributed by atoms with E-state index >= 15 is 0 Å². The maximum absolute atomic E-state index is 12.6. The van der Waals surface area contributed by atoms with Gasteiger partial charge in [0.05, 0.1) is 5.37 Å². The van der Waals surface area contributed by atoms with Crippen LogP contribution >= 0.6 is 11.8 Å². The lowest BCUT2D eigenvalue weighted by atomic mass is 10.2. The second-order valence-electron chi connectivity index (χ2n) is 2.96. The number of rotatable bonds is 1. The highest BCUT2D eigenvalue weighted by Gasteiger charge is 2.12. The lowest BCUT2D eigenvalue weighted by molar-refractivity contribution is 0.627. The monoisotopic (exact) mass is 195 g/mol. The number of thioether (sulfide) groups is 1. The minimum absolute atomic E-state index is 0.192. The second-order valence-corrected chi connectivity index (χ2v) is 4.18. The molecule has 1 unspecified atom stereocenters. The lowest BCUT2D eigenvalue weighted by Gasteiger charge is -2.06. The molecule has 1 heterocycles. The Morgan fingerprint density at radius 3 is 2.54 bits per heavy atom. The van der Waals surface area contributed by atoms with Crippen molar-refractivity contribution in [3.63, 3.8) is 0 Å². The summed E-state index contributed by atoms with van der Waals surface area (Å²) in [5.41, 5.74) is 2.12. The number of nitrogens with one attached hydrogen (secondary N) is 1. The highest BCUT2D eigenvalue weighted by atomic mass is 32.2. The molecular weight excluding hydrogens is 185 g/mol. The Hall–Kier alpha value is -0.960. The minimum atomic E-state index is -0.192. The van der Waals surface area contributed by atoms with E-state index in [4.69, 9.17) is 0 Å². The number of hydrogen-bond acceptors (Lipinski definition) is 2. The SMILES string of the molecule is CC1NC(c2ccc(F)cc2)=CS1. The molecule has 0 bridgehead atoms. The molecule has 3 heteroatoms. The first-order valence-corrected chi connectivity index (χ1v) is 5.08. The topological polar surface area (TPSA) is 12.0 Å². The standard InChI is InChI=1S/C10H10FNS/c1-7-12-10(6-13-7)8-2-4-9(11)5-3-8/h2-7,12H,1H3. The summed E-state index contributed by atoms with van der Waals surface area (Å²) >= 11 is 1.74. The van der Waals surface area contributed by atoms with Crippen molar-refractivity contribution in [1.82, 2.24) is 5.32 Å². The van der Waals surface area contributed by atoms with E-state index in [0.29, 0.717) is 5.37 Å². The molecule has 1 aromatic rings. The van der Waals surface area contributed by atoms with E-state index in [-0.39, 0.29) is 5.82 Å². The Morgan fingerprint density at radius 1 is 1.31 bits per heavy atom. The first kappa shape index (κ1) is 8.63. The summed E-state index contributed by atoms with van der Waals surface area (Å²) < 4.78 is 12.6. The zero-order chi connectivity index (χ0) is 9.26. The van der Waals surface area contributed by atoms with Gasteiger partial charge in [0.25, 0.3) is 0 Å². The van der Waals surface area contributed by atoms with Crippen molar-refractivity contribution in [3.05, 3.63) is 41.1 Å². The Labute approximate surface area is 81.0 Å². The van der Waals surface area contributed by atoms with Gasteiger partial charge in [0.2, 0.25) is 0 Å². The predicted octanol–water partition coefficient (Wildman–Crippen LogP) is 2.81. The van der Waals surface area contributed by atoms with Crippen LogP contribution in [-0.2, 0) is 0 Å². The molecule has 0 aromatic heterocycles. The van der Waals surface area contributed by atoms with E-state index in [1.54, 1.807) is 23.9 Å². The molecule has 13 heavy (non-hydrogen) atoms. The predicted molar refractivity (Wildman–Crippen MR) is 54.6 cm³/mol. The molecule has 0 saturated carbocycles. The van der Waals surface area contributed by atoms with Crippen molar-refractivity contribution in [2.75, 3.05) is 0 Å². The van der Waals surface area contributed by atoms with Crippen LogP contribution in [0.15, 0.2) is 29.7 Å². The molecular formula is C10H10FNS. The molecule has 1 aromatic carbocycles. The van der Waals surface area contributed by atoms with Gasteiger partial charge in [0.15, 0.2) is 0 Å². The van der Waals surface area contributed by atoms with Gasteiger partial charge in [-0.15, -0.1) is 11.8 Å². The Bertz CT molecular complexity index is 331. The largest absolute Gasteiger partial charge is 0.372 e. The van der Waals surface area contributed by atoms with Gasteiger partial charge in [0.1, 0.15) is 5.82 Å². The summed E-state index contributed by atoms with van der Waals surface area (Å²) in [7, 11) is 0. The first-order valence-electron chi connectivity index (χ1n) is 4.14. The smallest absolute Gasteiger partial charge is 0.123 e. The summed E-state index contributed by atoms with van der Waals surface area (Å²) in [6.07, 6.45) is 0. The fourth-order valence-electron chi connectivity index (χ4n) is 1.24. The van der Waals surface area contributed by atoms with Gasteiger partial charge in [0, 0.05) is 5.70 Å². The summed E-state index contributed by atoms with van der Waals surface area (Å²) in [5.74, 6) is -0.192. The van der Waals surface area contributed by atoms with Crippen LogP contribution in [0.1, 0.15) is 12.5 Å². The van der Waals surface area contributed by atoms with Gasteiger partial charge in [-0.1, -0.05) is 0 Å². The highest BCUT2D eigenvalue weighted by Crippen LogP contribution is 2.26. The van der Waals surface area contributed by atoms with Crippen LogP contribution in [0.3, 0.4) is 0 Å². The Kier molecular flexibility index (Phi) is 2.27. The Morgan fingerprint density at radius 2 is 2.00 bits per heavy atom. The van der Waals surface area contributed by atoms with E-state index < -0.39 is 0 Å². The van der Waals surface area contributed by atoms with Crippen molar-refractivity contribution < 1.29 is 4.39 Å². The zero-order valence-electron chi connectivity index (χ0n) is 7.25. The molecule has 1 aliphatic heterocycles. The highest BCUT2D eigenvalue weighted by molar-refractivity contribution is 8.03. The van der Waals surface area contributed by atoms with Gasteiger partial charge in [-0.3, -0.25) is 0 Å². The van der Waals surface area contributed by atoms with Crippen molar-refractivity contribution >= 4 is 17.5 Å². The average molecular weight is 195 g/mol. The summed E-state index contributed by atoms with van der Waals surface area (Å²) in [4.78, 5) is 0. The molecule has 0 amide bonds. The third-order valence-corrected chi connectivity index (χ3v) is 2.80. The van der Waals surface area contributed by atoms with Crippen LogP contribution < -0.4 is 5.32 Å². The van der Waals surface area contributed by atoms with Crippen molar-refractivity contribution in [2.24, 2.45) is 0 Å². The van der Waals surface area contributed by atoms with Crippen LogP contribution in [0.2, 0.25) is 0 Å². The molecule has 0 aliphatic carbocycles. The maximum atomic E-state index is 12.6. The van der Waals surface area contributed by atoms with Crippen molar-refractivity contribution in [2.45, 2.75) is 12.3 Å². The summed E-state index contributed by atoms with van der Waals surface area (Å²) in [6.45, 7) is 2.09. The molecule has 1 aliphatic rings. The van der Waals surface area contributed by atoms with E-state index in [9.17, 15) is 4.39 Å². The van der Waals surface area contributed by atoms with Crippen LogP contribution in [0.4, 0.5) is 4.39 Å². The van der Waals surface area contributed by atoms with Gasteiger partial charge < -0.3 is 5.32 Å². The lowest BCUT2D eigenvalue weighted by Crippen LogP contribution is -2.15. The molecule has 0 spiro atoms. The van der Waals surface area contributed by atoms with Gasteiger partial charge in [-0.05, 0) is 42.2 Å². The van der Waals surface area contributed by atoms with Crippen molar-refractivity contribution in [1.29, 1.82) is 0 Å². The third-order valence-electron chi connectivity index (χ3n) is 1.90. The molecule has 2 rings (SSSR count). The van der Waals surface area contributed by atoms with Gasteiger partial charge >= 0.3 is 0 Å². The molecule has 1 N–H and O–H groups in total. The molecule has 1 nitrogen and oxygen atoms in total. The van der Waals surface area contributed by atoms with E-state index in [1.807, 2.05) is 0 Å². The van der Waals surface area contributed by atoms with Crippen LogP contribution in [0, 0.1) is 5.82 Å². The van der Waals surface area contributed by atoms with Gasteiger partial charge in [-0.25, -0.2) is 4.39 Å². The van der Waals surface area contributed by atoms with Crippen LogP contribution in [0.25, 0.3) is 5.70 Å². The van der Waals surface area contributed by atoms with Crippen LogP contribution in [-0.4, -0.2) is 5.37 Å². The van der Waals surface area contributed by atoms with E-state index in [0.717, 1.165) is 11.3 Å². The molecule has 0 radical (unpaired) electrons. The van der Waals surface area contributed by atoms with Crippen LogP contribution in [0.5, 0.6) is 0 Å². The second kappa shape index (κ2) is 3.42. The molecule has 1 atom stereocenters. The van der Waals surface area contributed by atoms with E-state index in [2.05, 4.69) is 17.6 Å². The molecule has 0 saturated heterocycles.